The van der Waals surface area contributed by atoms with Crippen LogP contribution in [0.1, 0.15) is 11.3 Å². The summed E-state index contributed by atoms with van der Waals surface area (Å²) in [5.41, 5.74) is 8.59. The lowest BCUT2D eigenvalue weighted by Gasteiger charge is -2.12. The van der Waals surface area contributed by atoms with Gasteiger partial charge in [-0.25, -0.2) is 15.0 Å². The van der Waals surface area contributed by atoms with E-state index in [4.69, 9.17) is 17.3 Å². The number of benzene rings is 1. The molecule has 0 saturated heterocycles. The molecule has 0 saturated carbocycles. The van der Waals surface area contributed by atoms with E-state index in [-0.39, 0.29) is 0 Å². The van der Waals surface area contributed by atoms with Crippen LogP contribution in [-0.2, 0) is 6.54 Å². The molecule has 0 atom stereocenters. The highest BCUT2D eigenvalue weighted by Crippen LogP contribution is 2.25. The van der Waals surface area contributed by atoms with Crippen LogP contribution in [0.15, 0.2) is 48.8 Å². The molecule has 2 aromatic heterocycles. The summed E-state index contributed by atoms with van der Waals surface area (Å²) in [5.74, 6) is 1.76. The molecule has 3 rings (SSSR count). The maximum atomic E-state index is 6.16. The normalized spacial score (nSPS) is 10.4. The topological polar surface area (TPSA) is 88.8 Å². The largest absolute Gasteiger partial charge is 0.393 e. The number of nitrogens with zero attached hydrogens (tertiary/aromatic N) is 3. The molecule has 2 heterocycles. The van der Waals surface area contributed by atoms with Crippen molar-refractivity contribution in [1.82, 2.24) is 15.0 Å². The van der Waals surface area contributed by atoms with Gasteiger partial charge in [-0.2, -0.15) is 0 Å². The monoisotopic (exact) mass is 340 g/mol. The van der Waals surface area contributed by atoms with Crippen LogP contribution in [0.2, 0.25) is 5.02 Å². The number of pyridine rings is 1. The zero-order valence-electron chi connectivity index (χ0n) is 13.1. The maximum absolute atomic E-state index is 6.16. The predicted molar refractivity (Wildman–Crippen MR) is 97.5 cm³/mol. The van der Waals surface area contributed by atoms with Crippen molar-refractivity contribution in [3.05, 3.63) is 65.1 Å². The van der Waals surface area contributed by atoms with Gasteiger partial charge in [-0.15, -0.1) is 0 Å². The number of hydrogen-bond donors (Lipinski definition) is 3. The van der Waals surface area contributed by atoms with E-state index < -0.39 is 0 Å². The summed E-state index contributed by atoms with van der Waals surface area (Å²) in [7, 11) is 0. The van der Waals surface area contributed by atoms with Crippen molar-refractivity contribution in [3.63, 3.8) is 0 Å². The number of halogens is 1. The van der Waals surface area contributed by atoms with Crippen molar-refractivity contribution in [2.24, 2.45) is 0 Å². The molecule has 0 bridgehead atoms. The Morgan fingerprint density at radius 1 is 1.04 bits per heavy atom. The average Bonchev–Trinajstić information content (AvgIpc) is 2.57. The smallest absolute Gasteiger partial charge is 0.160 e. The summed E-state index contributed by atoms with van der Waals surface area (Å²) < 4.78 is 0. The van der Waals surface area contributed by atoms with Crippen molar-refractivity contribution in [2.75, 3.05) is 16.4 Å². The molecule has 0 amide bonds. The number of aromatic nitrogens is 3. The first-order chi connectivity index (χ1) is 11.6. The van der Waals surface area contributed by atoms with Crippen LogP contribution in [0, 0.1) is 6.92 Å². The van der Waals surface area contributed by atoms with Gasteiger partial charge in [0.1, 0.15) is 17.8 Å². The first-order valence-electron chi connectivity index (χ1n) is 7.41. The Bertz CT molecular complexity index is 835. The van der Waals surface area contributed by atoms with Gasteiger partial charge in [-0.1, -0.05) is 29.8 Å². The molecule has 0 aliphatic carbocycles. The number of aryl methyl sites for hydroxylation is 1. The molecular weight excluding hydrogens is 324 g/mol. The Kier molecular flexibility index (Phi) is 4.77. The third kappa shape index (κ3) is 3.91. The highest BCUT2D eigenvalue weighted by Gasteiger charge is 2.09. The van der Waals surface area contributed by atoms with Crippen LogP contribution in [0.5, 0.6) is 0 Å². The average molecular weight is 341 g/mol. The van der Waals surface area contributed by atoms with E-state index in [2.05, 4.69) is 25.6 Å². The summed E-state index contributed by atoms with van der Waals surface area (Å²) in [6, 6.07) is 13.3. The van der Waals surface area contributed by atoms with Crippen LogP contribution in [-0.4, -0.2) is 15.0 Å². The molecule has 0 aliphatic rings. The first-order valence-corrected chi connectivity index (χ1v) is 7.79. The molecule has 1 aromatic carbocycles. The molecule has 0 spiro atoms. The highest BCUT2D eigenvalue weighted by atomic mass is 35.5. The molecular formula is C17H17ClN6. The van der Waals surface area contributed by atoms with Gasteiger partial charge in [-0.05, 0) is 36.8 Å². The molecule has 0 radical (unpaired) electrons. The zero-order chi connectivity index (χ0) is 16.9. The fourth-order valence-corrected chi connectivity index (χ4v) is 2.28. The van der Waals surface area contributed by atoms with Crippen LogP contribution in [0.25, 0.3) is 0 Å². The summed E-state index contributed by atoms with van der Waals surface area (Å²) in [6.45, 7) is 2.51. The molecule has 0 unspecified atom stereocenters. The molecule has 6 nitrogen and oxygen atoms in total. The fraction of sp³-hybridized carbons (Fsp3) is 0.118. The number of hydrogen-bond acceptors (Lipinski definition) is 6. The van der Waals surface area contributed by atoms with E-state index >= 15 is 0 Å². The van der Waals surface area contributed by atoms with E-state index in [0.29, 0.717) is 34.7 Å². The van der Waals surface area contributed by atoms with Gasteiger partial charge in [0, 0.05) is 17.3 Å². The minimum absolute atomic E-state index is 0.440. The number of nitrogen functional groups attached to an aromatic ring is 1. The lowest BCUT2D eigenvalue weighted by molar-refractivity contribution is 1.08. The van der Waals surface area contributed by atoms with Gasteiger partial charge in [-0.3, -0.25) is 0 Å². The van der Waals surface area contributed by atoms with Gasteiger partial charge in [0.15, 0.2) is 11.6 Å². The minimum Gasteiger partial charge on any atom is -0.393 e. The van der Waals surface area contributed by atoms with Crippen LogP contribution in [0.4, 0.5) is 23.1 Å². The van der Waals surface area contributed by atoms with Crippen LogP contribution in [0.3, 0.4) is 0 Å². The van der Waals surface area contributed by atoms with Crippen molar-refractivity contribution >= 4 is 34.7 Å². The molecule has 0 aliphatic heterocycles. The second kappa shape index (κ2) is 7.14. The number of nitrogens with two attached hydrogens (primary N) is 1. The van der Waals surface area contributed by atoms with Gasteiger partial charge < -0.3 is 16.4 Å². The summed E-state index contributed by atoms with van der Waals surface area (Å²) >= 11 is 5.89. The first kappa shape index (κ1) is 16.0. The molecule has 3 aromatic rings. The van der Waals surface area contributed by atoms with Crippen LogP contribution < -0.4 is 16.4 Å². The Labute approximate surface area is 145 Å². The highest BCUT2D eigenvalue weighted by molar-refractivity contribution is 6.30. The molecule has 7 heteroatoms. The number of rotatable bonds is 5. The summed E-state index contributed by atoms with van der Waals surface area (Å²) in [5, 5.41) is 7.03. The second-order valence-electron chi connectivity index (χ2n) is 5.25. The second-order valence-corrected chi connectivity index (χ2v) is 5.69. The molecule has 4 N–H and O–H groups in total. The third-order valence-corrected chi connectivity index (χ3v) is 3.64. The Morgan fingerprint density at radius 3 is 2.54 bits per heavy atom. The minimum atomic E-state index is 0.440. The zero-order valence-corrected chi connectivity index (χ0v) is 13.9. The van der Waals surface area contributed by atoms with E-state index in [9.17, 15) is 0 Å². The quantitative estimate of drug-likeness (QED) is 0.655. The van der Waals surface area contributed by atoms with E-state index in [0.717, 1.165) is 11.3 Å². The van der Waals surface area contributed by atoms with Gasteiger partial charge >= 0.3 is 0 Å². The van der Waals surface area contributed by atoms with Crippen molar-refractivity contribution < 1.29 is 0 Å². The van der Waals surface area contributed by atoms with Gasteiger partial charge in [0.05, 0.1) is 0 Å². The fourth-order valence-electron chi connectivity index (χ4n) is 2.16. The third-order valence-electron chi connectivity index (χ3n) is 3.39. The Balaban J connectivity index is 1.74. The van der Waals surface area contributed by atoms with Crippen molar-refractivity contribution in [3.8, 4) is 0 Å². The SMILES string of the molecule is Cc1cccc(Nc2ncnc(NCc3ccc(Cl)cc3)c2N)n1. The van der Waals surface area contributed by atoms with E-state index in [1.807, 2.05) is 49.4 Å². The Morgan fingerprint density at radius 2 is 1.79 bits per heavy atom. The van der Waals surface area contributed by atoms with Crippen LogP contribution >= 0.6 is 11.6 Å². The van der Waals surface area contributed by atoms with E-state index in [1.54, 1.807) is 0 Å². The van der Waals surface area contributed by atoms with E-state index in [1.165, 1.54) is 6.33 Å². The number of nitrogens with one attached hydrogen (secondary N) is 2. The molecule has 122 valence electrons. The number of anilines is 4. The van der Waals surface area contributed by atoms with Gasteiger partial charge in [0.25, 0.3) is 0 Å². The van der Waals surface area contributed by atoms with Crippen molar-refractivity contribution in [1.29, 1.82) is 0 Å². The summed E-state index contributed by atoms with van der Waals surface area (Å²) in [6.07, 6.45) is 1.46. The lowest BCUT2D eigenvalue weighted by atomic mass is 10.2. The predicted octanol–water partition coefficient (Wildman–Crippen LogP) is 3.77. The van der Waals surface area contributed by atoms with Gasteiger partial charge in [0.2, 0.25) is 0 Å². The Hall–Kier alpha value is -2.86. The standard InChI is InChI=1S/C17H17ClN6/c1-11-3-2-4-14(23-11)24-17-15(19)16(21-10-22-17)20-9-12-5-7-13(18)8-6-12/h2-8,10H,9,19H2,1H3,(H2,20,21,22,23,24). The molecule has 24 heavy (non-hydrogen) atoms. The lowest BCUT2D eigenvalue weighted by Crippen LogP contribution is -2.08. The summed E-state index contributed by atoms with van der Waals surface area (Å²) in [4.78, 5) is 12.8. The van der Waals surface area contributed by atoms with Crippen molar-refractivity contribution in [2.45, 2.75) is 13.5 Å². The molecule has 0 fully saturated rings. The maximum Gasteiger partial charge on any atom is 0.160 e.